The largest absolute Gasteiger partial charge is 0.480 e. The number of amides is 2. The van der Waals surface area contributed by atoms with Gasteiger partial charge in [0.1, 0.15) is 6.04 Å². The van der Waals surface area contributed by atoms with Gasteiger partial charge in [0.25, 0.3) is 0 Å². The molecule has 26 heavy (non-hydrogen) atoms. The summed E-state index contributed by atoms with van der Waals surface area (Å²) in [5.41, 5.74) is 1.59. The number of nitrogens with one attached hydrogen (secondary N) is 1. The van der Waals surface area contributed by atoms with Crippen LogP contribution in [0.2, 0.25) is 0 Å². The topological polar surface area (TPSA) is 125 Å². The molecule has 0 saturated carbocycles. The lowest BCUT2D eigenvalue weighted by Crippen LogP contribution is -2.45. The Morgan fingerprint density at radius 1 is 1.42 bits per heavy atom. The second-order valence-corrected chi connectivity index (χ2v) is 6.27. The zero-order valence-corrected chi connectivity index (χ0v) is 14.7. The molecule has 1 fully saturated rings. The van der Waals surface area contributed by atoms with Crippen molar-refractivity contribution in [2.24, 2.45) is 16.9 Å². The van der Waals surface area contributed by atoms with E-state index in [0.29, 0.717) is 19.4 Å². The molecule has 8 heteroatoms. The standard InChI is InChI=1S/C18H24N4O4/c1-2-15(18(25)26)21-16(23)10-13-4-3-9-22(17(13)24)14-7-5-12(6-8-14)11-20-19/h5-8,11,13,15H,2-4,9-10,19H2,1H3,(H,21,23)(H,25,26)/t13?,15-/m0/s1. The van der Waals surface area contributed by atoms with E-state index >= 15 is 0 Å². The molecule has 140 valence electrons. The Labute approximate surface area is 152 Å². The van der Waals surface area contributed by atoms with Gasteiger partial charge in [0.2, 0.25) is 11.8 Å². The number of carbonyl (C=O) groups excluding carboxylic acids is 2. The summed E-state index contributed by atoms with van der Waals surface area (Å²) in [5, 5.41) is 15.0. The fourth-order valence-electron chi connectivity index (χ4n) is 3.04. The van der Waals surface area contributed by atoms with Gasteiger partial charge in [0, 0.05) is 24.6 Å². The predicted molar refractivity (Wildman–Crippen MR) is 97.8 cm³/mol. The van der Waals surface area contributed by atoms with E-state index in [1.165, 1.54) is 6.21 Å². The van der Waals surface area contributed by atoms with Crippen LogP contribution < -0.4 is 16.1 Å². The van der Waals surface area contributed by atoms with Crippen LogP contribution in [0.1, 0.15) is 38.2 Å². The molecule has 2 rings (SSSR count). The molecule has 2 amide bonds. The van der Waals surface area contributed by atoms with Gasteiger partial charge in [0.05, 0.1) is 6.21 Å². The Balaban J connectivity index is 2.02. The number of piperidine rings is 1. The molecule has 1 aliphatic heterocycles. The van der Waals surface area contributed by atoms with E-state index in [9.17, 15) is 14.4 Å². The molecule has 0 aliphatic carbocycles. The zero-order chi connectivity index (χ0) is 19.1. The highest BCUT2D eigenvalue weighted by atomic mass is 16.4. The third-order valence-corrected chi connectivity index (χ3v) is 4.45. The summed E-state index contributed by atoms with van der Waals surface area (Å²) >= 11 is 0. The molecule has 0 bridgehead atoms. The van der Waals surface area contributed by atoms with Gasteiger partial charge in [-0.15, -0.1) is 0 Å². The molecular formula is C18H24N4O4. The Morgan fingerprint density at radius 2 is 2.12 bits per heavy atom. The molecule has 1 aromatic carbocycles. The number of hydrazone groups is 1. The molecule has 0 radical (unpaired) electrons. The third-order valence-electron chi connectivity index (χ3n) is 4.45. The monoisotopic (exact) mass is 360 g/mol. The molecule has 0 spiro atoms. The van der Waals surface area contributed by atoms with E-state index in [0.717, 1.165) is 17.7 Å². The molecule has 1 unspecified atom stereocenters. The van der Waals surface area contributed by atoms with Crippen molar-refractivity contribution >= 4 is 29.7 Å². The summed E-state index contributed by atoms with van der Waals surface area (Å²) < 4.78 is 0. The maximum atomic E-state index is 12.7. The average molecular weight is 360 g/mol. The highest BCUT2D eigenvalue weighted by molar-refractivity contribution is 5.98. The van der Waals surface area contributed by atoms with Crippen molar-refractivity contribution in [3.63, 3.8) is 0 Å². The van der Waals surface area contributed by atoms with E-state index in [1.54, 1.807) is 11.8 Å². The van der Waals surface area contributed by atoms with Crippen LogP contribution in [0.15, 0.2) is 29.4 Å². The number of benzene rings is 1. The Hall–Kier alpha value is -2.90. The summed E-state index contributed by atoms with van der Waals surface area (Å²) in [4.78, 5) is 37.6. The Bertz CT molecular complexity index is 687. The zero-order valence-electron chi connectivity index (χ0n) is 14.7. The molecule has 1 aliphatic rings. The maximum absolute atomic E-state index is 12.7. The number of carboxylic acid groups (broad SMARTS) is 1. The van der Waals surface area contributed by atoms with Crippen molar-refractivity contribution in [3.05, 3.63) is 29.8 Å². The number of nitrogens with two attached hydrogens (primary N) is 1. The van der Waals surface area contributed by atoms with Crippen LogP contribution in [-0.4, -0.2) is 41.7 Å². The van der Waals surface area contributed by atoms with Crippen LogP contribution in [-0.2, 0) is 14.4 Å². The quantitative estimate of drug-likeness (QED) is 0.381. The fraction of sp³-hybridized carbons (Fsp3) is 0.444. The van der Waals surface area contributed by atoms with Crippen LogP contribution in [0.25, 0.3) is 0 Å². The molecule has 0 aromatic heterocycles. The number of anilines is 1. The van der Waals surface area contributed by atoms with Gasteiger partial charge in [-0.2, -0.15) is 5.10 Å². The SMILES string of the molecule is CC[C@H](NC(=O)CC1CCCN(c2ccc(C=NN)cc2)C1=O)C(=O)O. The number of hydrogen-bond acceptors (Lipinski definition) is 5. The first-order valence-corrected chi connectivity index (χ1v) is 8.63. The van der Waals surface area contributed by atoms with Crippen LogP contribution >= 0.6 is 0 Å². The normalized spacial score (nSPS) is 18.7. The highest BCUT2D eigenvalue weighted by Crippen LogP contribution is 2.26. The molecule has 4 N–H and O–H groups in total. The maximum Gasteiger partial charge on any atom is 0.326 e. The summed E-state index contributed by atoms with van der Waals surface area (Å²) in [6, 6.07) is 6.33. The number of nitrogens with zero attached hydrogens (tertiary/aromatic N) is 2. The lowest BCUT2D eigenvalue weighted by Gasteiger charge is -2.32. The highest BCUT2D eigenvalue weighted by Gasteiger charge is 2.32. The van der Waals surface area contributed by atoms with Crippen molar-refractivity contribution in [2.45, 2.75) is 38.6 Å². The third kappa shape index (κ3) is 4.81. The van der Waals surface area contributed by atoms with Gasteiger partial charge in [-0.3, -0.25) is 9.59 Å². The molecule has 2 atom stereocenters. The van der Waals surface area contributed by atoms with Crippen LogP contribution in [0.5, 0.6) is 0 Å². The number of hydrogen-bond donors (Lipinski definition) is 3. The van der Waals surface area contributed by atoms with Crippen molar-refractivity contribution in [3.8, 4) is 0 Å². The van der Waals surface area contributed by atoms with E-state index in [-0.39, 0.29) is 12.3 Å². The van der Waals surface area contributed by atoms with E-state index < -0.39 is 23.8 Å². The van der Waals surface area contributed by atoms with Crippen molar-refractivity contribution in [1.82, 2.24) is 5.32 Å². The van der Waals surface area contributed by atoms with Gasteiger partial charge >= 0.3 is 5.97 Å². The molecule has 1 aromatic rings. The summed E-state index contributed by atoms with van der Waals surface area (Å²) in [6.07, 6.45) is 3.21. The molecule has 8 nitrogen and oxygen atoms in total. The summed E-state index contributed by atoms with van der Waals surface area (Å²) in [7, 11) is 0. The van der Waals surface area contributed by atoms with Gasteiger partial charge in [-0.25, -0.2) is 4.79 Å². The van der Waals surface area contributed by atoms with Gasteiger partial charge < -0.3 is 21.2 Å². The number of carboxylic acids is 1. The van der Waals surface area contributed by atoms with Gasteiger partial charge in [-0.05, 0) is 37.0 Å². The van der Waals surface area contributed by atoms with E-state index in [4.69, 9.17) is 10.9 Å². The van der Waals surface area contributed by atoms with E-state index in [1.807, 2.05) is 24.3 Å². The minimum absolute atomic E-state index is 0.00295. The van der Waals surface area contributed by atoms with Crippen LogP contribution in [0.3, 0.4) is 0 Å². The Kier molecular flexibility index (Phi) is 6.71. The van der Waals surface area contributed by atoms with Crippen molar-refractivity contribution in [1.29, 1.82) is 0 Å². The lowest BCUT2D eigenvalue weighted by molar-refractivity contribution is -0.142. The van der Waals surface area contributed by atoms with Gasteiger partial charge in [-0.1, -0.05) is 19.1 Å². The second kappa shape index (κ2) is 8.98. The predicted octanol–water partition coefficient (Wildman–Crippen LogP) is 1.09. The van der Waals surface area contributed by atoms with Crippen molar-refractivity contribution < 1.29 is 19.5 Å². The van der Waals surface area contributed by atoms with Gasteiger partial charge in [0.15, 0.2) is 0 Å². The lowest BCUT2D eigenvalue weighted by atomic mass is 9.92. The summed E-state index contributed by atoms with van der Waals surface area (Å²) in [6.45, 7) is 2.28. The fourth-order valence-corrected chi connectivity index (χ4v) is 3.04. The van der Waals surface area contributed by atoms with Crippen molar-refractivity contribution in [2.75, 3.05) is 11.4 Å². The molecular weight excluding hydrogens is 336 g/mol. The van der Waals surface area contributed by atoms with Crippen LogP contribution in [0.4, 0.5) is 5.69 Å². The average Bonchev–Trinajstić information content (AvgIpc) is 2.62. The van der Waals surface area contributed by atoms with Crippen LogP contribution in [0, 0.1) is 5.92 Å². The molecule has 1 heterocycles. The smallest absolute Gasteiger partial charge is 0.326 e. The first-order chi connectivity index (χ1) is 12.5. The van der Waals surface area contributed by atoms with E-state index in [2.05, 4.69) is 10.4 Å². The Morgan fingerprint density at radius 3 is 2.69 bits per heavy atom. The first kappa shape index (κ1) is 19.4. The first-order valence-electron chi connectivity index (χ1n) is 8.63. The minimum Gasteiger partial charge on any atom is -0.480 e. The number of rotatable bonds is 7. The summed E-state index contributed by atoms with van der Waals surface area (Å²) in [5.74, 6) is 3.08. The molecule has 1 saturated heterocycles. The number of carbonyl (C=O) groups is 3. The minimum atomic E-state index is -1.07. The number of aliphatic carboxylic acids is 1. The second-order valence-electron chi connectivity index (χ2n) is 6.27.